The van der Waals surface area contributed by atoms with Gasteiger partial charge in [-0.3, -0.25) is 9.59 Å². The molecule has 1 aliphatic rings. The maximum Gasteiger partial charge on any atom is 0.173 e. The number of benzene rings is 1. The number of Topliss-reactive ketones (excluding diaryl/α,β-unsaturated/α-hetero) is 2. The molecule has 2 nitrogen and oxygen atoms in total. The van der Waals surface area contributed by atoms with E-state index in [2.05, 4.69) is 6.92 Å². The number of rotatable bonds is 3. The number of carbonyl (C=O) groups excluding carboxylic acids is 2. The molecule has 90 valence electrons. The summed E-state index contributed by atoms with van der Waals surface area (Å²) in [7, 11) is 0. The van der Waals surface area contributed by atoms with Crippen molar-refractivity contribution >= 4 is 11.6 Å². The average molecular weight is 230 g/mol. The molecule has 0 spiro atoms. The summed E-state index contributed by atoms with van der Waals surface area (Å²) in [6.45, 7) is 2.13. The molecule has 0 N–H and O–H groups in total. The van der Waals surface area contributed by atoms with E-state index in [1.54, 1.807) is 12.1 Å². The number of ketones is 2. The van der Waals surface area contributed by atoms with Gasteiger partial charge in [0.15, 0.2) is 5.78 Å². The maximum atomic E-state index is 12.3. The van der Waals surface area contributed by atoms with Gasteiger partial charge in [-0.1, -0.05) is 43.7 Å². The Morgan fingerprint density at radius 3 is 2.65 bits per heavy atom. The number of hydrogen-bond acceptors (Lipinski definition) is 2. The molecular weight excluding hydrogens is 212 g/mol. The largest absolute Gasteiger partial charge is 0.299 e. The summed E-state index contributed by atoms with van der Waals surface area (Å²) in [5, 5.41) is 0. The minimum atomic E-state index is -0.393. The highest BCUT2D eigenvalue weighted by Gasteiger charge is 2.33. The van der Waals surface area contributed by atoms with Gasteiger partial charge in [0, 0.05) is 12.0 Å². The first-order valence-electron chi connectivity index (χ1n) is 6.34. The van der Waals surface area contributed by atoms with E-state index in [1.807, 2.05) is 18.2 Å². The molecule has 1 saturated carbocycles. The predicted octanol–water partition coefficient (Wildman–Crippen LogP) is 3.26. The van der Waals surface area contributed by atoms with Gasteiger partial charge in [-0.05, 0) is 18.8 Å². The lowest BCUT2D eigenvalue weighted by molar-refractivity contribution is -0.123. The third kappa shape index (κ3) is 2.63. The van der Waals surface area contributed by atoms with Crippen molar-refractivity contribution in [1.82, 2.24) is 0 Å². The van der Waals surface area contributed by atoms with Gasteiger partial charge in [0.1, 0.15) is 5.78 Å². The van der Waals surface area contributed by atoms with Gasteiger partial charge in [-0.15, -0.1) is 0 Å². The monoisotopic (exact) mass is 230 g/mol. The molecule has 2 rings (SSSR count). The van der Waals surface area contributed by atoms with Crippen LogP contribution in [0.15, 0.2) is 30.3 Å². The zero-order valence-electron chi connectivity index (χ0n) is 10.2. The second-order valence-electron chi connectivity index (χ2n) is 4.80. The van der Waals surface area contributed by atoms with Crippen molar-refractivity contribution in [3.8, 4) is 0 Å². The Balaban J connectivity index is 2.15. The standard InChI is InChI=1S/C15H18O2/c1-2-11-8-9-14(16)13(10-11)15(17)12-6-4-3-5-7-12/h3-7,11,13H,2,8-10H2,1H3. The van der Waals surface area contributed by atoms with Crippen LogP contribution >= 0.6 is 0 Å². The second kappa shape index (κ2) is 5.26. The van der Waals surface area contributed by atoms with E-state index >= 15 is 0 Å². The zero-order chi connectivity index (χ0) is 12.3. The van der Waals surface area contributed by atoms with E-state index in [-0.39, 0.29) is 11.6 Å². The fraction of sp³-hybridized carbons (Fsp3) is 0.467. The van der Waals surface area contributed by atoms with E-state index in [9.17, 15) is 9.59 Å². The molecule has 0 radical (unpaired) electrons. The van der Waals surface area contributed by atoms with Crippen molar-refractivity contribution < 1.29 is 9.59 Å². The van der Waals surface area contributed by atoms with Crippen LogP contribution in [0.2, 0.25) is 0 Å². The molecule has 0 aliphatic heterocycles. The van der Waals surface area contributed by atoms with Crippen LogP contribution in [0, 0.1) is 11.8 Å². The Bertz CT molecular complexity index is 408. The molecule has 0 heterocycles. The van der Waals surface area contributed by atoms with E-state index in [0.29, 0.717) is 17.9 Å². The van der Waals surface area contributed by atoms with Crippen LogP contribution in [0.4, 0.5) is 0 Å². The molecule has 2 atom stereocenters. The van der Waals surface area contributed by atoms with Gasteiger partial charge < -0.3 is 0 Å². The summed E-state index contributed by atoms with van der Waals surface area (Å²) in [6.07, 6.45) is 3.32. The van der Waals surface area contributed by atoms with Crippen LogP contribution < -0.4 is 0 Å². The molecule has 1 aliphatic carbocycles. The Labute approximate surface area is 102 Å². The van der Waals surface area contributed by atoms with Crippen LogP contribution in [0.25, 0.3) is 0 Å². The van der Waals surface area contributed by atoms with Gasteiger partial charge in [-0.2, -0.15) is 0 Å². The summed E-state index contributed by atoms with van der Waals surface area (Å²) < 4.78 is 0. The molecule has 0 bridgehead atoms. The normalized spacial score (nSPS) is 24.6. The Morgan fingerprint density at radius 2 is 2.00 bits per heavy atom. The fourth-order valence-corrected chi connectivity index (χ4v) is 2.53. The number of carbonyl (C=O) groups is 2. The molecule has 1 fully saturated rings. The lowest BCUT2D eigenvalue weighted by atomic mass is 9.76. The van der Waals surface area contributed by atoms with Crippen molar-refractivity contribution in [3.63, 3.8) is 0 Å². The highest BCUT2D eigenvalue weighted by molar-refractivity contribution is 6.10. The first kappa shape index (κ1) is 12.0. The van der Waals surface area contributed by atoms with Crippen molar-refractivity contribution in [2.75, 3.05) is 0 Å². The topological polar surface area (TPSA) is 34.1 Å². The smallest absolute Gasteiger partial charge is 0.173 e. The Hall–Kier alpha value is -1.44. The molecule has 2 unspecified atom stereocenters. The fourth-order valence-electron chi connectivity index (χ4n) is 2.53. The first-order chi connectivity index (χ1) is 8.22. The van der Waals surface area contributed by atoms with Crippen molar-refractivity contribution in [2.45, 2.75) is 32.6 Å². The summed E-state index contributed by atoms with van der Waals surface area (Å²) >= 11 is 0. The summed E-state index contributed by atoms with van der Waals surface area (Å²) in [5.41, 5.74) is 0.669. The van der Waals surface area contributed by atoms with Crippen molar-refractivity contribution in [3.05, 3.63) is 35.9 Å². The molecule has 2 heteroatoms. The maximum absolute atomic E-state index is 12.3. The Kier molecular flexibility index (Phi) is 3.72. The van der Waals surface area contributed by atoms with E-state index in [0.717, 1.165) is 19.3 Å². The van der Waals surface area contributed by atoms with E-state index < -0.39 is 5.92 Å². The van der Waals surface area contributed by atoms with Crippen molar-refractivity contribution in [2.24, 2.45) is 11.8 Å². The highest BCUT2D eigenvalue weighted by Crippen LogP contribution is 2.30. The lowest BCUT2D eigenvalue weighted by Gasteiger charge is -2.26. The van der Waals surface area contributed by atoms with Crippen LogP contribution in [0.1, 0.15) is 43.0 Å². The van der Waals surface area contributed by atoms with Gasteiger partial charge in [0.25, 0.3) is 0 Å². The van der Waals surface area contributed by atoms with Crippen LogP contribution in [-0.2, 0) is 4.79 Å². The third-order valence-electron chi connectivity index (χ3n) is 3.71. The molecule has 0 amide bonds. The van der Waals surface area contributed by atoms with Gasteiger partial charge >= 0.3 is 0 Å². The quantitative estimate of drug-likeness (QED) is 0.590. The average Bonchev–Trinajstić information content (AvgIpc) is 2.39. The molecule has 1 aromatic rings. The second-order valence-corrected chi connectivity index (χ2v) is 4.80. The SMILES string of the molecule is CCC1CCC(=O)C(C(=O)c2ccccc2)C1. The lowest BCUT2D eigenvalue weighted by Crippen LogP contribution is -2.31. The molecule has 0 saturated heterocycles. The van der Waals surface area contributed by atoms with Gasteiger partial charge in [0.05, 0.1) is 5.92 Å². The predicted molar refractivity (Wildman–Crippen MR) is 66.9 cm³/mol. The van der Waals surface area contributed by atoms with Crippen LogP contribution in [0.3, 0.4) is 0 Å². The summed E-state index contributed by atoms with van der Waals surface area (Å²) in [6, 6.07) is 9.17. The van der Waals surface area contributed by atoms with E-state index in [4.69, 9.17) is 0 Å². The molecule has 0 aromatic heterocycles. The summed E-state index contributed by atoms with van der Waals surface area (Å²) in [4.78, 5) is 24.1. The summed E-state index contributed by atoms with van der Waals surface area (Å²) in [5.74, 6) is 0.277. The van der Waals surface area contributed by atoms with Gasteiger partial charge in [-0.25, -0.2) is 0 Å². The first-order valence-corrected chi connectivity index (χ1v) is 6.34. The molecule has 17 heavy (non-hydrogen) atoms. The van der Waals surface area contributed by atoms with Crippen molar-refractivity contribution in [1.29, 1.82) is 0 Å². The molecular formula is C15H18O2. The van der Waals surface area contributed by atoms with E-state index in [1.165, 1.54) is 0 Å². The van der Waals surface area contributed by atoms with Crippen LogP contribution in [-0.4, -0.2) is 11.6 Å². The Morgan fingerprint density at radius 1 is 1.29 bits per heavy atom. The minimum Gasteiger partial charge on any atom is -0.299 e. The van der Waals surface area contributed by atoms with Crippen LogP contribution in [0.5, 0.6) is 0 Å². The number of hydrogen-bond donors (Lipinski definition) is 0. The zero-order valence-corrected chi connectivity index (χ0v) is 10.2. The minimum absolute atomic E-state index is 0.00810. The third-order valence-corrected chi connectivity index (χ3v) is 3.71. The highest BCUT2D eigenvalue weighted by atomic mass is 16.1. The van der Waals surface area contributed by atoms with Gasteiger partial charge in [0.2, 0.25) is 0 Å². The molecule has 1 aromatic carbocycles.